The molecule has 0 saturated heterocycles. The molecule has 1 rings (SSSR count). The molecular weight excluding hydrogens is 204 g/mol. The van der Waals surface area contributed by atoms with Crippen LogP contribution in [0.1, 0.15) is 15.9 Å². The Morgan fingerprint density at radius 1 is 1.53 bits per heavy atom. The second kappa shape index (κ2) is 4.49. The molecular formula is C8H8N2O5. The van der Waals surface area contributed by atoms with E-state index in [-0.39, 0.29) is 12.1 Å². The van der Waals surface area contributed by atoms with Crippen molar-refractivity contribution < 1.29 is 20.0 Å². The van der Waals surface area contributed by atoms with Crippen molar-refractivity contribution in [1.82, 2.24) is 5.48 Å². The molecule has 0 aliphatic carbocycles. The highest BCUT2D eigenvalue weighted by atomic mass is 16.6. The first-order valence-corrected chi connectivity index (χ1v) is 3.94. The highest BCUT2D eigenvalue weighted by molar-refractivity contribution is 5.94. The molecule has 1 aromatic rings. The number of hydroxylamine groups is 1. The van der Waals surface area contributed by atoms with E-state index >= 15 is 0 Å². The van der Waals surface area contributed by atoms with Crippen molar-refractivity contribution in [1.29, 1.82) is 0 Å². The van der Waals surface area contributed by atoms with Gasteiger partial charge in [0.05, 0.1) is 4.92 Å². The molecule has 0 spiro atoms. The van der Waals surface area contributed by atoms with Crippen LogP contribution < -0.4 is 5.48 Å². The van der Waals surface area contributed by atoms with Gasteiger partial charge in [-0.3, -0.25) is 10.1 Å². The van der Waals surface area contributed by atoms with E-state index in [1.807, 2.05) is 0 Å². The summed E-state index contributed by atoms with van der Waals surface area (Å²) >= 11 is 0. The SMILES string of the molecule is O=C(O)c1c(CNO)cccc1[N+](=O)[O-]. The fraction of sp³-hybridized carbons (Fsp3) is 0.125. The number of aromatic carboxylic acids is 1. The van der Waals surface area contributed by atoms with Crippen molar-refractivity contribution in [2.24, 2.45) is 0 Å². The standard InChI is InChI=1S/C8H8N2O5/c11-8(12)7-5(4-9-13)2-1-3-6(7)10(14)15/h1-3,9,13H,4H2,(H,11,12). The van der Waals surface area contributed by atoms with Crippen molar-refractivity contribution in [3.8, 4) is 0 Å². The molecule has 0 amide bonds. The van der Waals surface area contributed by atoms with Gasteiger partial charge in [-0.05, 0) is 5.56 Å². The van der Waals surface area contributed by atoms with Gasteiger partial charge in [0.15, 0.2) is 0 Å². The summed E-state index contributed by atoms with van der Waals surface area (Å²) in [4.78, 5) is 20.6. The molecule has 0 saturated carbocycles. The van der Waals surface area contributed by atoms with Crippen molar-refractivity contribution in [2.45, 2.75) is 6.54 Å². The summed E-state index contributed by atoms with van der Waals surface area (Å²) in [5, 5.41) is 27.8. The molecule has 0 unspecified atom stereocenters. The number of nitrogens with zero attached hydrogens (tertiary/aromatic N) is 1. The summed E-state index contributed by atoms with van der Waals surface area (Å²) in [5.41, 5.74) is 1.01. The maximum Gasteiger partial charge on any atom is 0.343 e. The zero-order valence-corrected chi connectivity index (χ0v) is 7.51. The van der Waals surface area contributed by atoms with Gasteiger partial charge in [0, 0.05) is 12.6 Å². The lowest BCUT2D eigenvalue weighted by atomic mass is 10.1. The van der Waals surface area contributed by atoms with Crippen LogP contribution in [-0.2, 0) is 6.54 Å². The third-order valence-electron chi connectivity index (χ3n) is 1.81. The van der Waals surface area contributed by atoms with Crippen LogP contribution in [0.25, 0.3) is 0 Å². The minimum absolute atomic E-state index is 0.152. The van der Waals surface area contributed by atoms with Crippen LogP contribution in [0.2, 0.25) is 0 Å². The number of hydrogen-bond acceptors (Lipinski definition) is 5. The van der Waals surface area contributed by atoms with Gasteiger partial charge in [-0.2, -0.15) is 0 Å². The summed E-state index contributed by atoms with van der Waals surface area (Å²) in [6.45, 7) is -0.163. The van der Waals surface area contributed by atoms with Crippen LogP contribution in [-0.4, -0.2) is 21.2 Å². The van der Waals surface area contributed by atoms with E-state index < -0.39 is 22.1 Å². The number of hydrogen-bond donors (Lipinski definition) is 3. The smallest absolute Gasteiger partial charge is 0.343 e. The van der Waals surface area contributed by atoms with E-state index in [0.717, 1.165) is 6.07 Å². The zero-order chi connectivity index (χ0) is 11.4. The summed E-state index contributed by atoms with van der Waals surface area (Å²) in [6.07, 6.45) is 0. The van der Waals surface area contributed by atoms with Gasteiger partial charge < -0.3 is 10.3 Å². The molecule has 0 aliphatic rings. The molecule has 0 bridgehead atoms. The van der Waals surface area contributed by atoms with Crippen LogP contribution in [0.5, 0.6) is 0 Å². The molecule has 3 N–H and O–H groups in total. The van der Waals surface area contributed by atoms with Gasteiger partial charge in [-0.25, -0.2) is 10.3 Å². The van der Waals surface area contributed by atoms with E-state index in [4.69, 9.17) is 10.3 Å². The molecule has 7 nitrogen and oxygen atoms in total. The Hall–Kier alpha value is -1.99. The normalized spacial score (nSPS) is 9.93. The molecule has 7 heteroatoms. The summed E-state index contributed by atoms with van der Waals surface area (Å²) in [6, 6.07) is 3.85. The molecule has 0 fully saturated rings. The van der Waals surface area contributed by atoms with Crippen molar-refractivity contribution in [3.63, 3.8) is 0 Å². The maximum atomic E-state index is 10.8. The van der Waals surface area contributed by atoms with Crippen molar-refractivity contribution in [2.75, 3.05) is 0 Å². The van der Waals surface area contributed by atoms with Gasteiger partial charge in [0.1, 0.15) is 5.56 Å². The first-order valence-electron chi connectivity index (χ1n) is 3.94. The molecule has 80 valence electrons. The van der Waals surface area contributed by atoms with Gasteiger partial charge in [0.2, 0.25) is 0 Å². The average molecular weight is 212 g/mol. The third-order valence-corrected chi connectivity index (χ3v) is 1.81. The van der Waals surface area contributed by atoms with E-state index in [2.05, 4.69) is 0 Å². The lowest BCUT2D eigenvalue weighted by Crippen LogP contribution is -2.13. The highest BCUT2D eigenvalue weighted by Gasteiger charge is 2.22. The minimum atomic E-state index is -1.40. The number of carbonyl (C=O) groups is 1. The Labute approximate surface area is 84.1 Å². The number of benzene rings is 1. The lowest BCUT2D eigenvalue weighted by molar-refractivity contribution is -0.385. The van der Waals surface area contributed by atoms with Crippen LogP contribution in [0.3, 0.4) is 0 Å². The van der Waals surface area contributed by atoms with Crippen molar-refractivity contribution >= 4 is 11.7 Å². The summed E-state index contributed by atoms with van der Waals surface area (Å²) in [5.74, 6) is -1.40. The number of rotatable bonds is 4. The Morgan fingerprint density at radius 3 is 2.67 bits per heavy atom. The number of nitrogens with one attached hydrogen (secondary N) is 1. The van der Waals surface area contributed by atoms with E-state index in [1.165, 1.54) is 12.1 Å². The predicted molar refractivity (Wildman–Crippen MR) is 48.7 cm³/mol. The van der Waals surface area contributed by atoms with Crippen LogP contribution in [0.15, 0.2) is 18.2 Å². The molecule has 0 aliphatic heterocycles. The minimum Gasteiger partial charge on any atom is -0.477 e. The fourth-order valence-corrected chi connectivity index (χ4v) is 1.22. The second-order valence-corrected chi connectivity index (χ2v) is 2.71. The molecule has 0 aromatic heterocycles. The molecule has 0 heterocycles. The molecule has 15 heavy (non-hydrogen) atoms. The lowest BCUT2D eigenvalue weighted by Gasteiger charge is -2.04. The summed E-state index contributed by atoms with van der Waals surface area (Å²) in [7, 11) is 0. The Bertz CT molecular complexity index is 404. The van der Waals surface area contributed by atoms with Crippen LogP contribution in [0, 0.1) is 10.1 Å². The first kappa shape index (κ1) is 11.1. The number of nitro benzene ring substituents is 1. The highest BCUT2D eigenvalue weighted by Crippen LogP contribution is 2.22. The third kappa shape index (κ3) is 2.27. The Balaban J connectivity index is 3.34. The van der Waals surface area contributed by atoms with E-state index in [1.54, 1.807) is 5.48 Å². The molecule has 1 aromatic carbocycles. The first-order chi connectivity index (χ1) is 7.07. The topological polar surface area (TPSA) is 113 Å². The van der Waals surface area contributed by atoms with E-state index in [0.29, 0.717) is 0 Å². The fourth-order valence-electron chi connectivity index (χ4n) is 1.22. The monoisotopic (exact) mass is 212 g/mol. The molecule has 0 atom stereocenters. The Kier molecular flexibility index (Phi) is 3.32. The number of carboxylic acid groups (broad SMARTS) is 1. The van der Waals surface area contributed by atoms with E-state index in [9.17, 15) is 14.9 Å². The van der Waals surface area contributed by atoms with Crippen LogP contribution >= 0.6 is 0 Å². The zero-order valence-electron chi connectivity index (χ0n) is 7.51. The Morgan fingerprint density at radius 2 is 2.20 bits per heavy atom. The summed E-state index contributed by atoms with van der Waals surface area (Å²) < 4.78 is 0. The molecule has 0 radical (unpaired) electrons. The average Bonchev–Trinajstić information content (AvgIpc) is 2.17. The van der Waals surface area contributed by atoms with Gasteiger partial charge >= 0.3 is 5.97 Å². The van der Waals surface area contributed by atoms with Crippen LogP contribution in [0.4, 0.5) is 5.69 Å². The number of nitro groups is 1. The van der Waals surface area contributed by atoms with Crippen molar-refractivity contribution in [3.05, 3.63) is 39.4 Å². The number of carboxylic acids is 1. The maximum absolute atomic E-state index is 10.8. The van der Waals surface area contributed by atoms with Gasteiger partial charge in [-0.1, -0.05) is 12.1 Å². The quantitative estimate of drug-likeness (QED) is 0.502. The van der Waals surface area contributed by atoms with Gasteiger partial charge in [-0.15, -0.1) is 0 Å². The van der Waals surface area contributed by atoms with Gasteiger partial charge in [0.25, 0.3) is 5.69 Å². The largest absolute Gasteiger partial charge is 0.477 e. The predicted octanol–water partition coefficient (Wildman–Crippen LogP) is 0.772. The second-order valence-electron chi connectivity index (χ2n) is 2.71.